The SMILES string of the molecule is COCCN1C(=O)C(NCc2ccc3c(c2)OCO3)=C(c2ccccc2)S1(=O)=O. The van der Waals surface area contributed by atoms with Gasteiger partial charge in [-0.1, -0.05) is 36.4 Å². The number of methoxy groups -OCH3 is 1. The fourth-order valence-electron chi connectivity index (χ4n) is 3.25. The number of ether oxygens (including phenoxy) is 3. The maximum atomic E-state index is 13.1. The van der Waals surface area contributed by atoms with Crippen LogP contribution in [-0.2, 0) is 26.1 Å². The molecule has 1 N–H and O–H groups in total. The molecule has 2 aromatic rings. The summed E-state index contributed by atoms with van der Waals surface area (Å²) in [5.74, 6) is 0.679. The molecule has 9 heteroatoms. The quantitative estimate of drug-likeness (QED) is 0.734. The molecular formula is C20H20N2O6S. The van der Waals surface area contributed by atoms with E-state index in [9.17, 15) is 13.2 Å². The zero-order valence-electron chi connectivity index (χ0n) is 15.8. The second-order valence-electron chi connectivity index (χ2n) is 6.49. The minimum Gasteiger partial charge on any atom is -0.454 e. The van der Waals surface area contributed by atoms with Crippen molar-refractivity contribution in [3.63, 3.8) is 0 Å². The third kappa shape index (κ3) is 3.54. The summed E-state index contributed by atoms with van der Waals surface area (Å²) in [5.41, 5.74) is 1.33. The van der Waals surface area contributed by atoms with Gasteiger partial charge in [0.25, 0.3) is 15.9 Å². The van der Waals surface area contributed by atoms with Crippen LogP contribution in [-0.4, -0.2) is 45.7 Å². The predicted octanol–water partition coefficient (Wildman–Crippen LogP) is 1.69. The van der Waals surface area contributed by atoms with E-state index in [-0.39, 0.29) is 37.1 Å². The molecule has 0 saturated heterocycles. The number of carbonyl (C=O) groups excluding carboxylic acids is 1. The Morgan fingerprint density at radius 1 is 1.10 bits per heavy atom. The summed E-state index contributed by atoms with van der Waals surface area (Å²) < 4.78 is 42.7. The third-order valence-corrected chi connectivity index (χ3v) is 6.54. The number of carbonyl (C=O) groups is 1. The van der Waals surface area contributed by atoms with Crippen LogP contribution in [0.5, 0.6) is 11.5 Å². The van der Waals surface area contributed by atoms with Crippen LogP contribution in [0.1, 0.15) is 11.1 Å². The number of amides is 1. The van der Waals surface area contributed by atoms with Gasteiger partial charge < -0.3 is 19.5 Å². The molecule has 0 atom stereocenters. The third-order valence-electron chi connectivity index (χ3n) is 4.66. The van der Waals surface area contributed by atoms with Gasteiger partial charge in [0, 0.05) is 13.7 Å². The van der Waals surface area contributed by atoms with Crippen LogP contribution in [0.4, 0.5) is 0 Å². The van der Waals surface area contributed by atoms with Gasteiger partial charge in [-0.3, -0.25) is 4.79 Å². The van der Waals surface area contributed by atoms with Gasteiger partial charge in [-0.2, -0.15) is 0 Å². The Morgan fingerprint density at radius 3 is 2.62 bits per heavy atom. The summed E-state index contributed by atoms with van der Waals surface area (Å²) in [6, 6.07) is 14.0. The molecule has 1 amide bonds. The molecule has 2 aliphatic heterocycles. The average molecular weight is 416 g/mol. The van der Waals surface area contributed by atoms with Crippen LogP contribution < -0.4 is 14.8 Å². The minimum atomic E-state index is -3.99. The molecule has 2 aliphatic rings. The van der Waals surface area contributed by atoms with Crippen LogP contribution in [0, 0.1) is 0 Å². The summed E-state index contributed by atoms with van der Waals surface area (Å²) in [6.45, 7) is 0.480. The van der Waals surface area contributed by atoms with E-state index >= 15 is 0 Å². The predicted molar refractivity (Wildman–Crippen MR) is 105 cm³/mol. The van der Waals surface area contributed by atoms with Crippen molar-refractivity contribution in [2.24, 2.45) is 0 Å². The van der Waals surface area contributed by atoms with Gasteiger partial charge in [-0.15, -0.1) is 0 Å². The molecule has 0 fully saturated rings. The van der Waals surface area contributed by atoms with Crippen molar-refractivity contribution in [2.45, 2.75) is 6.54 Å². The van der Waals surface area contributed by atoms with Gasteiger partial charge in [-0.05, 0) is 23.3 Å². The lowest BCUT2D eigenvalue weighted by Gasteiger charge is -2.15. The molecule has 0 bridgehead atoms. The highest BCUT2D eigenvalue weighted by atomic mass is 32.2. The van der Waals surface area contributed by atoms with Crippen molar-refractivity contribution in [1.29, 1.82) is 0 Å². The average Bonchev–Trinajstić information content (AvgIpc) is 3.25. The Labute approximate surface area is 168 Å². The first-order valence-corrected chi connectivity index (χ1v) is 10.4. The van der Waals surface area contributed by atoms with E-state index in [0.717, 1.165) is 9.87 Å². The van der Waals surface area contributed by atoms with E-state index in [2.05, 4.69) is 5.32 Å². The van der Waals surface area contributed by atoms with Crippen molar-refractivity contribution in [3.8, 4) is 11.5 Å². The fourth-order valence-corrected chi connectivity index (χ4v) is 4.94. The van der Waals surface area contributed by atoms with Crippen molar-refractivity contribution in [3.05, 3.63) is 65.4 Å². The number of sulfonamides is 1. The Kier molecular flexibility index (Phi) is 5.16. The molecule has 0 spiro atoms. The van der Waals surface area contributed by atoms with Gasteiger partial charge in [-0.25, -0.2) is 12.7 Å². The summed E-state index contributed by atoms with van der Waals surface area (Å²) in [6.07, 6.45) is 0. The first-order chi connectivity index (χ1) is 14.0. The molecule has 29 heavy (non-hydrogen) atoms. The van der Waals surface area contributed by atoms with Crippen molar-refractivity contribution in [2.75, 3.05) is 27.1 Å². The summed E-state index contributed by atoms with van der Waals surface area (Å²) in [5, 5.41) is 3.02. The maximum absolute atomic E-state index is 13.1. The van der Waals surface area contributed by atoms with Gasteiger partial charge in [0.2, 0.25) is 6.79 Å². The number of nitrogens with one attached hydrogen (secondary N) is 1. The highest BCUT2D eigenvalue weighted by Gasteiger charge is 2.44. The highest BCUT2D eigenvalue weighted by Crippen LogP contribution is 2.35. The number of fused-ring (bicyclic) bond motifs is 1. The van der Waals surface area contributed by atoms with Crippen molar-refractivity contribution < 1.29 is 27.4 Å². The molecule has 0 aliphatic carbocycles. The summed E-state index contributed by atoms with van der Waals surface area (Å²) in [7, 11) is -2.53. The van der Waals surface area contributed by atoms with Crippen LogP contribution in [0.25, 0.3) is 4.91 Å². The van der Waals surface area contributed by atoms with E-state index in [1.165, 1.54) is 7.11 Å². The van der Waals surface area contributed by atoms with E-state index < -0.39 is 15.9 Å². The molecule has 0 aromatic heterocycles. The second kappa shape index (κ2) is 7.76. The van der Waals surface area contributed by atoms with Gasteiger partial charge in [0.15, 0.2) is 11.5 Å². The number of hydrogen-bond donors (Lipinski definition) is 1. The van der Waals surface area contributed by atoms with Crippen LogP contribution in [0.2, 0.25) is 0 Å². The summed E-state index contributed by atoms with van der Waals surface area (Å²) >= 11 is 0. The second-order valence-corrected chi connectivity index (χ2v) is 8.29. The monoisotopic (exact) mass is 416 g/mol. The van der Waals surface area contributed by atoms with Crippen LogP contribution in [0.15, 0.2) is 54.2 Å². The lowest BCUT2D eigenvalue weighted by Crippen LogP contribution is -2.36. The van der Waals surface area contributed by atoms with Crippen molar-refractivity contribution >= 4 is 20.8 Å². The standard InChI is InChI=1S/C20H20N2O6S/c1-26-10-9-22-20(23)18(19(29(22,24)25)15-5-3-2-4-6-15)21-12-14-7-8-16-17(11-14)28-13-27-16/h2-8,11,21H,9-10,12-13H2,1H3. The molecule has 2 aromatic carbocycles. The van der Waals surface area contributed by atoms with E-state index in [1.807, 2.05) is 6.07 Å². The zero-order chi connectivity index (χ0) is 20.4. The molecule has 152 valence electrons. The van der Waals surface area contributed by atoms with E-state index in [1.54, 1.807) is 42.5 Å². The highest BCUT2D eigenvalue weighted by molar-refractivity contribution is 7.99. The Hall–Kier alpha value is -3.04. The van der Waals surface area contributed by atoms with Crippen LogP contribution in [0.3, 0.4) is 0 Å². The topological polar surface area (TPSA) is 94.2 Å². The molecule has 0 radical (unpaired) electrons. The molecule has 0 saturated carbocycles. The van der Waals surface area contributed by atoms with Gasteiger partial charge in [0.05, 0.1) is 13.2 Å². The minimum absolute atomic E-state index is 0.0278. The Morgan fingerprint density at radius 2 is 1.86 bits per heavy atom. The van der Waals surface area contributed by atoms with Crippen molar-refractivity contribution in [1.82, 2.24) is 9.62 Å². The Bertz CT molecular complexity index is 1070. The maximum Gasteiger partial charge on any atom is 0.285 e. The van der Waals surface area contributed by atoms with Gasteiger partial charge >= 0.3 is 0 Å². The first kappa shape index (κ1) is 19.3. The largest absolute Gasteiger partial charge is 0.454 e. The molecule has 2 heterocycles. The number of nitrogens with zero attached hydrogens (tertiary/aromatic N) is 1. The first-order valence-electron chi connectivity index (χ1n) is 9.00. The fraction of sp³-hybridized carbons (Fsp3) is 0.250. The van der Waals surface area contributed by atoms with E-state index in [4.69, 9.17) is 14.2 Å². The normalized spacial score (nSPS) is 17.1. The molecule has 0 unspecified atom stereocenters. The smallest absolute Gasteiger partial charge is 0.285 e. The molecule has 8 nitrogen and oxygen atoms in total. The molecular weight excluding hydrogens is 396 g/mol. The number of rotatable bonds is 7. The number of benzene rings is 2. The van der Waals surface area contributed by atoms with Gasteiger partial charge in [0.1, 0.15) is 10.6 Å². The lowest BCUT2D eigenvalue weighted by molar-refractivity contribution is -0.122. The zero-order valence-corrected chi connectivity index (χ0v) is 16.6. The summed E-state index contributed by atoms with van der Waals surface area (Å²) in [4.78, 5) is 12.9. The Balaban J connectivity index is 1.67. The number of hydrogen-bond acceptors (Lipinski definition) is 7. The lowest BCUT2D eigenvalue weighted by atomic mass is 10.1. The van der Waals surface area contributed by atoms with E-state index in [0.29, 0.717) is 17.1 Å². The molecule has 4 rings (SSSR count). The van der Waals surface area contributed by atoms with Crippen LogP contribution >= 0.6 is 0 Å².